The van der Waals surface area contributed by atoms with Crippen LogP contribution in [0, 0.1) is 3.57 Å². The summed E-state index contributed by atoms with van der Waals surface area (Å²) < 4.78 is 29.4. The standard InChI is InChI=1S/C9H8F2INO3/c1-16-6(14)3-4-2-5(12)7(8(10)11)9(15)13-4/h2,8H,3H2,1H3,(H,13,15). The van der Waals surface area contributed by atoms with Crippen LogP contribution in [0.3, 0.4) is 0 Å². The summed E-state index contributed by atoms with van der Waals surface area (Å²) in [6.07, 6.45) is -2.98. The summed E-state index contributed by atoms with van der Waals surface area (Å²) in [7, 11) is 1.21. The lowest BCUT2D eigenvalue weighted by atomic mass is 10.2. The Morgan fingerprint density at radius 3 is 2.69 bits per heavy atom. The second-order valence-corrected chi connectivity index (χ2v) is 4.10. The topological polar surface area (TPSA) is 59.2 Å². The highest BCUT2D eigenvalue weighted by Gasteiger charge is 2.17. The Kier molecular flexibility index (Phi) is 4.39. The number of nitrogens with one attached hydrogen (secondary N) is 1. The van der Waals surface area contributed by atoms with Gasteiger partial charge in [-0.1, -0.05) is 0 Å². The van der Waals surface area contributed by atoms with Crippen LogP contribution in [0.5, 0.6) is 0 Å². The summed E-state index contributed by atoms with van der Waals surface area (Å²) in [6.45, 7) is 0. The maximum absolute atomic E-state index is 12.4. The summed E-state index contributed by atoms with van der Waals surface area (Å²) in [5.74, 6) is -0.545. The van der Waals surface area contributed by atoms with Gasteiger partial charge in [-0.05, 0) is 28.7 Å². The Balaban J connectivity index is 3.10. The zero-order valence-electron chi connectivity index (χ0n) is 8.22. The molecule has 0 aromatic carbocycles. The molecule has 4 nitrogen and oxygen atoms in total. The number of ether oxygens (including phenoxy) is 1. The van der Waals surface area contributed by atoms with Gasteiger partial charge in [0.1, 0.15) is 0 Å². The van der Waals surface area contributed by atoms with Crippen LogP contribution in [0.4, 0.5) is 8.78 Å². The first-order valence-corrected chi connectivity index (χ1v) is 5.30. The lowest BCUT2D eigenvalue weighted by Gasteiger charge is -2.05. The Bertz CT molecular complexity index is 459. The Labute approximate surface area is 103 Å². The van der Waals surface area contributed by atoms with E-state index in [4.69, 9.17) is 0 Å². The monoisotopic (exact) mass is 343 g/mol. The van der Waals surface area contributed by atoms with Crippen LogP contribution in [-0.2, 0) is 16.0 Å². The molecule has 0 saturated heterocycles. The number of rotatable bonds is 3. The molecule has 1 aromatic rings. The highest BCUT2D eigenvalue weighted by Crippen LogP contribution is 2.20. The van der Waals surface area contributed by atoms with Crippen LogP contribution in [0.2, 0.25) is 0 Å². The molecule has 1 N–H and O–H groups in total. The zero-order valence-corrected chi connectivity index (χ0v) is 10.4. The average molecular weight is 343 g/mol. The predicted octanol–water partition coefficient (Wildman–Crippen LogP) is 1.63. The highest BCUT2D eigenvalue weighted by molar-refractivity contribution is 14.1. The van der Waals surface area contributed by atoms with Crippen LogP contribution >= 0.6 is 22.6 Å². The van der Waals surface area contributed by atoms with Crippen LogP contribution in [-0.4, -0.2) is 18.1 Å². The minimum atomic E-state index is -2.83. The van der Waals surface area contributed by atoms with Gasteiger partial charge in [-0.2, -0.15) is 0 Å². The molecule has 0 saturated carbocycles. The molecule has 1 heterocycles. The fraction of sp³-hybridized carbons (Fsp3) is 0.333. The predicted molar refractivity (Wildman–Crippen MR) is 60.5 cm³/mol. The first-order valence-electron chi connectivity index (χ1n) is 4.22. The molecule has 0 aliphatic heterocycles. The fourth-order valence-corrected chi connectivity index (χ4v) is 1.97. The van der Waals surface area contributed by atoms with Gasteiger partial charge >= 0.3 is 5.97 Å². The molecule has 1 aromatic heterocycles. The van der Waals surface area contributed by atoms with Crippen molar-refractivity contribution in [1.29, 1.82) is 0 Å². The SMILES string of the molecule is COC(=O)Cc1cc(I)c(C(F)F)c(=O)[nH]1. The van der Waals surface area contributed by atoms with Gasteiger partial charge in [0, 0.05) is 9.26 Å². The largest absolute Gasteiger partial charge is 0.469 e. The van der Waals surface area contributed by atoms with E-state index in [1.54, 1.807) is 22.6 Å². The molecule has 0 bridgehead atoms. The van der Waals surface area contributed by atoms with E-state index in [9.17, 15) is 18.4 Å². The second-order valence-electron chi connectivity index (χ2n) is 2.94. The zero-order chi connectivity index (χ0) is 12.3. The van der Waals surface area contributed by atoms with E-state index in [-0.39, 0.29) is 15.7 Å². The maximum Gasteiger partial charge on any atom is 0.311 e. The second kappa shape index (κ2) is 5.37. The van der Waals surface area contributed by atoms with Crippen molar-refractivity contribution in [2.75, 3.05) is 7.11 Å². The Morgan fingerprint density at radius 2 is 2.25 bits per heavy atom. The van der Waals surface area contributed by atoms with Gasteiger partial charge < -0.3 is 9.72 Å². The van der Waals surface area contributed by atoms with E-state index in [0.29, 0.717) is 0 Å². The number of aromatic amines is 1. The molecular weight excluding hydrogens is 335 g/mol. The van der Waals surface area contributed by atoms with Crippen molar-refractivity contribution in [3.8, 4) is 0 Å². The molecule has 0 atom stereocenters. The lowest BCUT2D eigenvalue weighted by Crippen LogP contribution is -2.19. The van der Waals surface area contributed by atoms with Gasteiger partial charge in [-0.3, -0.25) is 9.59 Å². The number of hydrogen-bond donors (Lipinski definition) is 1. The molecule has 16 heavy (non-hydrogen) atoms. The van der Waals surface area contributed by atoms with Crippen LogP contribution < -0.4 is 5.56 Å². The van der Waals surface area contributed by atoms with Gasteiger partial charge in [-0.15, -0.1) is 0 Å². The average Bonchev–Trinajstić information content (AvgIpc) is 2.15. The van der Waals surface area contributed by atoms with Crippen molar-refractivity contribution in [2.24, 2.45) is 0 Å². The van der Waals surface area contributed by atoms with Crippen LogP contribution in [0.1, 0.15) is 17.7 Å². The number of esters is 1. The minimum Gasteiger partial charge on any atom is -0.469 e. The molecule has 0 amide bonds. The van der Waals surface area contributed by atoms with Gasteiger partial charge in [0.15, 0.2) is 0 Å². The molecule has 0 aliphatic rings. The summed E-state index contributed by atoms with van der Waals surface area (Å²) >= 11 is 1.63. The van der Waals surface area contributed by atoms with E-state index in [1.165, 1.54) is 13.2 Å². The first-order chi connectivity index (χ1) is 7.45. The lowest BCUT2D eigenvalue weighted by molar-refractivity contribution is -0.139. The summed E-state index contributed by atoms with van der Waals surface area (Å²) in [5.41, 5.74) is -1.19. The van der Waals surface area contributed by atoms with Gasteiger partial charge in [-0.25, -0.2) is 8.78 Å². The van der Waals surface area contributed by atoms with Crippen LogP contribution in [0.25, 0.3) is 0 Å². The molecular formula is C9H8F2INO3. The number of carbonyl (C=O) groups excluding carboxylic acids is 1. The smallest absolute Gasteiger partial charge is 0.311 e. The quantitative estimate of drug-likeness (QED) is 0.671. The van der Waals surface area contributed by atoms with Crippen molar-refractivity contribution in [2.45, 2.75) is 12.8 Å². The van der Waals surface area contributed by atoms with Crippen molar-refractivity contribution < 1.29 is 18.3 Å². The number of alkyl halides is 2. The molecule has 0 fully saturated rings. The third-order valence-electron chi connectivity index (χ3n) is 1.86. The molecule has 88 valence electrons. The third-order valence-corrected chi connectivity index (χ3v) is 2.75. The Hall–Kier alpha value is -0.990. The number of halogens is 3. The van der Waals surface area contributed by atoms with Crippen molar-refractivity contribution in [3.05, 3.63) is 31.2 Å². The summed E-state index contributed by atoms with van der Waals surface area (Å²) in [6, 6.07) is 1.33. The highest BCUT2D eigenvalue weighted by atomic mass is 127. The number of carbonyl (C=O) groups is 1. The van der Waals surface area contributed by atoms with E-state index >= 15 is 0 Å². The molecule has 7 heteroatoms. The van der Waals surface area contributed by atoms with Crippen molar-refractivity contribution in [3.63, 3.8) is 0 Å². The van der Waals surface area contributed by atoms with E-state index in [2.05, 4.69) is 9.72 Å². The van der Waals surface area contributed by atoms with Gasteiger partial charge in [0.05, 0.1) is 19.1 Å². The molecule has 1 rings (SSSR count). The number of H-pyrrole nitrogens is 1. The molecule has 0 radical (unpaired) electrons. The normalized spacial score (nSPS) is 10.6. The molecule has 0 spiro atoms. The van der Waals surface area contributed by atoms with Crippen LogP contribution in [0.15, 0.2) is 10.9 Å². The van der Waals surface area contributed by atoms with Crippen molar-refractivity contribution >= 4 is 28.6 Å². The number of methoxy groups -OCH3 is 1. The maximum atomic E-state index is 12.4. The minimum absolute atomic E-state index is 0.134. The molecule has 0 unspecified atom stereocenters. The van der Waals surface area contributed by atoms with E-state index in [1.807, 2.05) is 0 Å². The van der Waals surface area contributed by atoms with E-state index < -0.39 is 23.5 Å². The molecule has 0 aliphatic carbocycles. The fourth-order valence-electron chi connectivity index (χ4n) is 1.11. The van der Waals surface area contributed by atoms with Crippen molar-refractivity contribution in [1.82, 2.24) is 4.98 Å². The number of pyridine rings is 1. The van der Waals surface area contributed by atoms with E-state index in [0.717, 1.165) is 0 Å². The number of aromatic nitrogens is 1. The third kappa shape index (κ3) is 3.00. The summed E-state index contributed by atoms with van der Waals surface area (Å²) in [5, 5.41) is 0. The number of hydrogen-bond acceptors (Lipinski definition) is 3. The van der Waals surface area contributed by atoms with Gasteiger partial charge in [0.2, 0.25) is 0 Å². The summed E-state index contributed by atoms with van der Waals surface area (Å²) in [4.78, 5) is 24.4. The Morgan fingerprint density at radius 1 is 1.62 bits per heavy atom. The van der Waals surface area contributed by atoms with Gasteiger partial charge in [0.25, 0.3) is 12.0 Å². The first kappa shape index (κ1) is 13.1.